The van der Waals surface area contributed by atoms with E-state index in [0.717, 1.165) is 37.1 Å². The Morgan fingerprint density at radius 2 is 1.50 bits per heavy atom. The highest BCUT2D eigenvalue weighted by Crippen LogP contribution is 2.16. The molecule has 5 nitrogen and oxygen atoms in total. The Bertz CT molecular complexity index is 684. The first-order valence-electron chi connectivity index (χ1n) is 8.96. The van der Waals surface area contributed by atoms with Crippen LogP contribution in [-0.4, -0.2) is 25.5 Å². The molecular weight excluding hydrogens is 328 g/mol. The van der Waals surface area contributed by atoms with Gasteiger partial charge in [-0.2, -0.15) is 0 Å². The molecule has 0 aliphatic carbocycles. The van der Waals surface area contributed by atoms with Crippen molar-refractivity contribution in [3.05, 3.63) is 60.2 Å². The Morgan fingerprint density at radius 3 is 2.19 bits per heavy atom. The number of carbonyl (C=O) groups excluding carboxylic acids is 2. The number of anilines is 2. The molecule has 0 aliphatic rings. The van der Waals surface area contributed by atoms with E-state index < -0.39 is 0 Å². The highest BCUT2D eigenvalue weighted by Gasteiger charge is 2.05. The lowest BCUT2D eigenvalue weighted by Gasteiger charge is -2.08. The Morgan fingerprint density at radius 1 is 0.846 bits per heavy atom. The van der Waals surface area contributed by atoms with Gasteiger partial charge in [0, 0.05) is 29.9 Å². The molecular formula is C21H26N2O3. The van der Waals surface area contributed by atoms with E-state index in [1.165, 1.54) is 7.11 Å². The predicted molar refractivity (Wildman–Crippen MR) is 104 cm³/mol. The van der Waals surface area contributed by atoms with Crippen LogP contribution in [0.5, 0.6) is 0 Å². The number of hydrogen-bond acceptors (Lipinski definition) is 4. The maximum absolute atomic E-state index is 12.1. The van der Waals surface area contributed by atoms with Gasteiger partial charge in [0.1, 0.15) is 0 Å². The van der Waals surface area contributed by atoms with Crippen molar-refractivity contribution in [3.8, 4) is 0 Å². The Kier molecular flexibility index (Phi) is 8.19. The van der Waals surface area contributed by atoms with Gasteiger partial charge in [0.05, 0.1) is 7.11 Å². The fourth-order valence-corrected chi connectivity index (χ4v) is 2.55. The summed E-state index contributed by atoms with van der Waals surface area (Å²) in [6, 6.07) is 17.3. The molecule has 0 saturated heterocycles. The first kappa shape index (κ1) is 19.5. The number of hydrogen-bond donors (Lipinski definition) is 2. The Balaban J connectivity index is 1.65. The second kappa shape index (κ2) is 10.9. The lowest BCUT2D eigenvalue weighted by molar-refractivity contribution is -0.140. The number of amides is 1. The van der Waals surface area contributed by atoms with Crippen molar-refractivity contribution in [3.63, 3.8) is 0 Å². The summed E-state index contributed by atoms with van der Waals surface area (Å²) in [7, 11) is 1.40. The van der Waals surface area contributed by atoms with Crippen molar-refractivity contribution >= 4 is 23.3 Å². The molecule has 0 aromatic heterocycles. The molecule has 138 valence electrons. The zero-order chi connectivity index (χ0) is 18.6. The Labute approximate surface area is 154 Å². The highest BCUT2D eigenvalue weighted by molar-refractivity contribution is 5.94. The number of esters is 1. The first-order chi connectivity index (χ1) is 12.7. The summed E-state index contributed by atoms with van der Waals surface area (Å²) >= 11 is 0. The third-order valence-electron chi connectivity index (χ3n) is 4.03. The predicted octanol–water partition coefficient (Wildman–Crippen LogP) is 4.28. The Hall–Kier alpha value is -2.82. The number of carbonyl (C=O) groups is 2. The van der Waals surface area contributed by atoms with E-state index in [-0.39, 0.29) is 11.9 Å². The van der Waals surface area contributed by atoms with Crippen LogP contribution in [0, 0.1) is 0 Å². The number of unbranched alkanes of at least 4 members (excludes halogenated alkanes) is 3. The largest absolute Gasteiger partial charge is 0.469 e. The average Bonchev–Trinajstić information content (AvgIpc) is 2.68. The van der Waals surface area contributed by atoms with Crippen molar-refractivity contribution in [1.29, 1.82) is 0 Å². The molecule has 0 bridgehead atoms. The van der Waals surface area contributed by atoms with Crippen molar-refractivity contribution in [2.75, 3.05) is 19.0 Å². The summed E-state index contributed by atoms with van der Waals surface area (Å²) in [5.74, 6) is -0.227. The maximum atomic E-state index is 12.1. The summed E-state index contributed by atoms with van der Waals surface area (Å²) < 4.78 is 4.60. The fraction of sp³-hybridized carbons (Fsp3) is 0.333. The molecule has 0 unspecified atom stereocenters. The van der Waals surface area contributed by atoms with E-state index in [1.807, 2.05) is 54.6 Å². The van der Waals surface area contributed by atoms with E-state index in [0.29, 0.717) is 18.5 Å². The van der Waals surface area contributed by atoms with Gasteiger partial charge in [-0.25, -0.2) is 0 Å². The van der Waals surface area contributed by atoms with Crippen LogP contribution in [0.4, 0.5) is 11.4 Å². The molecule has 1 amide bonds. The fourth-order valence-electron chi connectivity index (χ4n) is 2.55. The number of nitrogens with one attached hydrogen (secondary N) is 2. The van der Waals surface area contributed by atoms with Gasteiger partial charge in [0.2, 0.25) is 0 Å². The van der Waals surface area contributed by atoms with Crippen LogP contribution >= 0.6 is 0 Å². The zero-order valence-electron chi connectivity index (χ0n) is 15.2. The van der Waals surface area contributed by atoms with Crippen LogP contribution in [0.1, 0.15) is 42.5 Å². The highest BCUT2D eigenvalue weighted by atomic mass is 16.5. The quantitative estimate of drug-likeness (QED) is 0.493. The zero-order valence-corrected chi connectivity index (χ0v) is 15.2. The van der Waals surface area contributed by atoms with Crippen molar-refractivity contribution < 1.29 is 14.3 Å². The molecule has 2 aromatic rings. The van der Waals surface area contributed by atoms with Gasteiger partial charge in [0.15, 0.2) is 0 Å². The number of methoxy groups -OCH3 is 1. The van der Waals surface area contributed by atoms with Gasteiger partial charge in [-0.15, -0.1) is 0 Å². The summed E-state index contributed by atoms with van der Waals surface area (Å²) in [5.41, 5.74) is 2.60. The maximum Gasteiger partial charge on any atom is 0.305 e. The minimum atomic E-state index is -0.163. The van der Waals surface area contributed by atoms with Gasteiger partial charge < -0.3 is 15.4 Å². The molecule has 26 heavy (non-hydrogen) atoms. The number of benzene rings is 2. The van der Waals surface area contributed by atoms with Crippen molar-refractivity contribution in [1.82, 2.24) is 5.32 Å². The molecule has 0 radical (unpaired) electrons. The van der Waals surface area contributed by atoms with E-state index in [9.17, 15) is 9.59 Å². The first-order valence-corrected chi connectivity index (χ1v) is 8.96. The summed E-state index contributed by atoms with van der Waals surface area (Å²) in [4.78, 5) is 23.1. The lowest BCUT2D eigenvalue weighted by Crippen LogP contribution is -2.24. The minimum absolute atomic E-state index is 0.0641. The molecule has 0 spiro atoms. The SMILES string of the molecule is COC(=O)CCCCCCNC(=O)c1ccc(Nc2ccccc2)cc1. The van der Waals surface area contributed by atoms with E-state index in [1.54, 1.807) is 0 Å². The minimum Gasteiger partial charge on any atom is -0.469 e. The van der Waals surface area contributed by atoms with Crippen LogP contribution in [0.2, 0.25) is 0 Å². The van der Waals surface area contributed by atoms with Gasteiger partial charge >= 0.3 is 5.97 Å². The van der Waals surface area contributed by atoms with E-state index in [4.69, 9.17) is 0 Å². The number of rotatable bonds is 10. The topological polar surface area (TPSA) is 67.4 Å². The molecule has 2 aromatic carbocycles. The lowest BCUT2D eigenvalue weighted by atomic mass is 10.1. The molecule has 0 fully saturated rings. The number of ether oxygens (including phenoxy) is 1. The van der Waals surface area contributed by atoms with Crippen LogP contribution < -0.4 is 10.6 Å². The van der Waals surface area contributed by atoms with Crippen molar-refractivity contribution in [2.24, 2.45) is 0 Å². The third-order valence-corrected chi connectivity index (χ3v) is 4.03. The summed E-state index contributed by atoms with van der Waals surface area (Å²) in [6.45, 7) is 0.640. The van der Waals surface area contributed by atoms with Crippen LogP contribution in [0.15, 0.2) is 54.6 Å². The van der Waals surface area contributed by atoms with Gasteiger partial charge in [-0.1, -0.05) is 31.0 Å². The summed E-state index contributed by atoms with van der Waals surface area (Å²) in [5, 5.41) is 6.22. The standard InChI is InChI=1S/C21H26N2O3/c1-26-20(24)11-7-2-3-8-16-22-21(25)17-12-14-19(15-13-17)23-18-9-5-4-6-10-18/h4-6,9-10,12-15,23H,2-3,7-8,11,16H2,1H3,(H,22,25). The van der Waals surface area contributed by atoms with Crippen molar-refractivity contribution in [2.45, 2.75) is 32.1 Å². The molecule has 2 rings (SSSR count). The normalized spacial score (nSPS) is 10.2. The van der Waals surface area contributed by atoms with E-state index >= 15 is 0 Å². The molecule has 0 heterocycles. The smallest absolute Gasteiger partial charge is 0.305 e. The van der Waals surface area contributed by atoms with Gasteiger partial charge in [0.25, 0.3) is 5.91 Å². The van der Waals surface area contributed by atoms with Gasteiger partial charge in [-0.05, 0) is 49.2 Å². The molecule has 0 atom stereocenters. The van der Waals surface area contributed by atoms with Crippen LogP contribution in [0.3, 0.4) is 0 Å². The monoisotopic (exact) mass is 354 g/mol. The van der Waals surface area contributed by atoms with Crippen LogP contribution in [0.25, 0.3) is 0 Å². The van der Waals surface area contributed by atoms with Crippen LogP contribution in [-0.2, 0) is 9.53 Å². The summed E-state index contributed by atoms with van der Waals surface area (Å²) in [6.07, 6.45) is 4.14. The second-order valence-corrected chi connectivity index (χ2v) is 6.06. The molecule has 2 N–H and O–H groups in total. The third kappa shape index (κ3) is 6.97. The second-order valence-electron chi connectivity index (χ2n) is 6.06. The van der Waals surface area contributed by atoms with E-state index in [2.05, 4.69) is 15.4 Å². The number of para-hydroxylation sites is 1. The molecule has 5 heteroatoms. The molecule has 0 saturated carbocycles. The van der Waals surface area contributed by atoms with Gasteiger partial charge in [-0.3, -0.25) is 9.59 Å². The average molecular weight is 354 g/mol. The molecule has 0 aliphatic heterocycles.